The van der Waals surface area contributed by atoms with Crippen molar-refractivity contribution >= 4 is 40.5 Å². The number of aromatic amines is 1. The number of rotatable bonds is 11. The number of anilines is 2. The maximum atomic E-state index is 13.0. The van der Waals surface area contributed by atoms with Gasteiger partial charge in [-0.25, -0.2) is 9.37 Å². The summed E-state index contributed by atoms with van der Waals surface area (Å²) in [6.07, 6.45) is 0. The summed E-state index contributed by atoms with van der Waals surface area (Å²) >= 11 is 11.8. The van der Waals surface area contributed by atoms with Crippen LogP contribution in [-0.2, 0) is 11.3 Å². The van der Waals surface area contributed by atoms with Crippen LogP contribution in [0.1, 0.15) is 11.3 Å². The number of aliphatic hydroxyl groups excluding tert-OH is 1. The van der Waals surface area contributed by atoms with Gasteiger partial charge in [0.05, 0.1) is 35.6 Å². The van der Waals surface area contributed by atoms with Crippen LogP contribution in [0.3, 0.4) is 0 Å². The number of ether oxygens (including phenoxy) is 1. The van der Waals surface area contributed by atoms with Gasteiger partial charge in [0.25, 0.3) is 5.56 Å². The molecule has 5 N–H and O–H groups in total. The molecule has 152 valence electrons. The highest BCUT2D eigenvalue weighted by Gasteiger charge is 2.15. The van der Waals surface area contributed by atoms with E-state index in [9.17, 15) is 9.18 Å². The zero-order valence-electron chi connectivity index (χ0n) is 14.8. The summed E-state index contributed by atoms with van der Waals surface area (Å²) in [5, 5.41) is 22.9. The Morgan fingerprint density at radius 2 is 2.07 bits per heavy atom. The first kappa shape index (κ1) is 22.1. The summed E-state index contributed by atoms with van der Waals surface area (Å²) in [6, 6.07) is 5.07. The lowest BCUT2D eigenvalue weighted by Crippen LogP contribution is -2.25. The van der Waals surface area contributed by atoms with Gasteiger partial charge in [0.2, 0.25) is 5.95 Å². The Labute approximate surface area is 170 Å². The van der Waals surface area contributed by atoms with Crippen LogP contribution in [0.25, 0.3) is 0 Å². The van der Waals surface area contributed by atoms with Crippen LogP contribution < -0.4 is 16.2 Å². The number of alkyl halides is 1. The molecule has 0 aliphatic heterocycles. The van der Waals surface area contributed by atoms with E-state index in [0.29, 0.717) is 10.0 Å². The molecule has 0 atom stereocenters. The molecule has 0 unspecified atom stereocenters. The summed E-state index contributed by atoms with van der Waals surface area (Å²) in [5.41, 5.74) is -0.299. The Bertz CT molecular complexity index is 878. The molecule has 8 nitrogen and oxygen atoms in total. The molecule has 11 heteroatoms. The molecule has 2 aromatic rings. The zero-order valence-corrected chi connectivity index (χ0v) is 16.3. The van der Waals surface area contributed by atoms with Gasteiger partial charge < -0.3 is 25.9 Å². The number of aromatic nitrogens is 2. The van der Waals surface area contributed by atoms with Crippen molar-refractivity contribution in [2.45, 2.75) is 6.54 Å². The van der Waals surface area contributed by atoms with Gasteiger partial charge >= 0.3 is 0 Å². The number of benzene rings is 1. The van der Waals surface area contributed by atoms with Gasteiger partial charge in [-0.05, 0) is 17.7 Å². The second kappa shape index (κ2) is 11.0. The molecule has 0 spiro atoms. The molecular weight excluding hydrogens is 412 g/mol. The molecular formula is C17H20Cl2FN5O3. The summed E-state index contributed by atoms with van der Waals surface area (Å²) in [5.74, 6) is 0.0892. The molecule has 28 heavy (non-hydrogen) atoms. The van der Waals surface area contributed by atoms with Crippen molar-refractivity contribution in [2.24, 2.45) is 0 Å². The van der Waals surface area contributed by atoms with E-state index in [1.54, 1.807) is 18.2 Å². The molecule has 0 fully saturated rings. The van der Waals surface area contributed by atoms with Gasteiger partial charge in [0.15, 0.2) is 0 Å². The van der Waals surface area contributed by atoms with Crippen molar-refractivity contribution in [3.8, 4) is 0 Å². The van der Waals surface area contributed by atoms with Gasteiger partial charge in [-0.2, -0.15) is 0 Å². The minimum atomic E-state index is -1.07. The van der Waals surface area contributed by atoms with Gasteiger partial charge in [-0.3, -0.25) is 9.78 Å². The quantitative estimate of drug-likeness (QED) is 0.275. The second-order valence-corrected chi connectivity index (χ2v) is 6.43. The van der Waals surface area contributed by atoms with Gasteiger partial charge in [0, 0.05) is 13.1 Å². The van der Waals surface area contributed by atoms with E-state index < -0.39 is 17.9 Å². The van der Waals surface area contributed by atoms with E-state index in [0.717, 1.165) is 5.56 Å². The third kappa shape index (κ3) is 6.16. The van der Waals surface area contributed by atoms with E-state index in [1.807, 2.05) is 0 Å². The summed E-state index contributed by atoms with van der Waals surface area (Å²) in [4.78, 5) is 19.1. The third-order valence-corrected chi connectivity index (χ3v) is 4.31. The summed E-state index contributed by atoms with van der Waals surface area (Å²) in [6.45, 7) is -0.282. The Kier molecular flexibility index (Phi) is 8.65. The van der Waals surface area contributed by atoms with Crippen LogP contribution in [0, 0.1) is 5.41 Å². The Morgan fingerprint density at radius 3 is 2.75 bits per heavy atom. The van der Waals surface area contributed by atoms with Crippen molar-refractivity contribution in [3.63, 3.8) is 0 Å². The number of H-pyrrole nitrogens is 1. The highest BCUT2D eigenvalue weighted by molar-refractivity contribution is 6.42. The van der Waals surface area contributed by atoms with Crippen LogP contribution >= 0.6 is 23.2 Å². The first-order valence-electron chi connectivity index (χ1n) is 8.34. The first-order chi connectivity index (χ1) is 13.5. The molecule has 1 aromatic carbocycles. The molecule has 0 saturated carbocycles. The van der Waals surface area contributed by atoms with Crippen molar-refractivity contribution in [1.29, 1.82) is 5.41 Å². The van der Waals surface area contributed by atoms with Crippen molar-refractivity contribution in [3.05, 3.63) is 49.9 Å². The normalized spacial score (nSPS) is 10.7. The minimum absolute atomic E-state index is 0.0182. The topological polar surface area (TPSA) is 123 Å². The SMILES string of the molecule is N=C(CF)c1nc(NCc2ccc(Cl)c(Cl)c2)[nH]c(=O)c1NCCOCCO. The molecule has 0 bridgehead atoms. The van der Waals surface area contributed by atoms with Gasteiger partial charge in [0.1, 0.15) is 18.1 Å². The van der Waals surface area contributed by atoms with Gasteiger partial charge in [-0.1, -0.05) is 29.3 Å². The van der Waals surface area contributed by atoms with Gasteiger partial charge in [-0.15, -0.1) is 0 Å². The predicted molar refractivity (Wildman–Crippen MR) is 108 cm³/mol. The molecule has 0 radical (unpaired) electrons. The maximum Gasteiger partial charge on any atom is 0.276 e. The molecule has 1 heterocycles. The number of halogens is 3. The molecule has 0 amide bonds. The van der Waals surface area contributed by atoms with Crippen molar-refractivity contribution in [2.75, 3.05) is 43.7 Å². The molecule has 0 saturated heterocycles. The van der Waals surface area contributed by atoms with E-state index in [2.05, 4.69) is 20.6 Å². The fraction of sp³-hybridized carbons (Fsp3) is 0.353. The minimum Gasteiger partial charge on any atom is -0.394 e. The predicted octanol–water partition coefficient (Wildman–Crippen LogP) is 2.45. The average Bonchev–Trinajstić information content (AvgIpc) is 2.69. The van der Waals surface area contributed by atoms with E-state index in [1.165, 1.54) is 0 Å². The lowest BCUT2D eigenvalue weighted by molar-refractivity contribution is 0.0992. The van der Waals surface area contributed by atoms with Crippen LogP contribution in [0.15, 0.2) is 23.0 Å². The average molecular weight is 432 g/mol. The number of nitrogens with zero attached hydrogens (tertiary/aromatic N) is 1. The smallest absolute Gasteiger partial charge is 0.276 e. The maximum absolute atomic E-state index is 13.0. The third-order valence-electron chi connectivity index (χ3n) is 3.57. The Balaban J connectivity index is 2.15. The largest absolute Gasteiger partial charge is 0.394 e. The Hall–Kier alpha value is -2.20. The van der Waals surface area contributed by atoms with Crippen LogP contribution in [-0.4, -0.2) is 53.8 Å². The zero-order chi connectivity index (χ0) is 20.5. The monoisotopic (exact) mass is 431 g/mol. The highest BCUT2D eigenvalue weighted by atomic mass is 35.5. The molecule has 0 aliphatic carbocycles. The lowest BCUT2D eigenvalue weighted by Gasteiger charge is -2.13. The van der Waals surface area contributed by atoms with Crippen LogP contribution in [0.5, 0.6) is 0 Å². The molecule has 1 aromatic heterocycles. The lowest BCUT2D eigenvalue weighted by atomic mass is 10.2. The highest BCUT2D eigenvalue weighted by Crippen LogP contribution is 2.23. The van der Waals surface area contributed by atoms with Crippen LogP contribution in [0.4, 0.5) is 16.0 Å². The number of nitrogens with one attached hydrogen (secondary N) is 4. The van der Waals surface area contributed by atoms with E-state index in [-0.39, 0.29) is 50.2 Å². The number of aliphatic hydroxyl groups is 1. The van der Waals surface area contributed by atoms with E-state index >= 15 is 0 Å². The Morgan fingerprint density at radius 1 is 1.29 bits per heavy atom. The fourth-order valence-corrected chi connectivity index (χ4v) is 2.57. The molecule has 0 aliphatic rings. The number of hydrogen-bond acceptors (Lipinski definition) is 7. The van der Waals surface area contributed by atoms with Crippen molar-refractivity contribution in [1.82, 2.24) is 9.97 Å². The standard InChI is InChI=1S/C17H20Cl2FN5O3/c18-11-2-1-10(7-12(11)19)9-23-17-24-14(13(21)8-20)15(16(27)25-17)22-3-5-28-6-4-26/h1-2,7,21-22,26H,3-6,8-9H2,(H2,23,24,25,27). The second-order valence-electron chi connectivity index (χ2n) is 5.62. The first-order valence-corrected chi connectivity index (χ1v) is 9.10. The molecule has 2 rings (SSSR count). The van der Waals surface area contributed by atoms with Crippen LogP contribution in [0.2, 0.25) is 10.0 Å². The van der Waals surface area contributed by atoms with E-state index in [4.69, 9.17) is 38.5 Å². The number of hydrogen-bond donors (Lipinski definition) is 5. The summed E-state index contributed by atoms with van der Waals surface area (Å²) < 4.78 is 18.1. The summed E-state index contributed by atoms with van der Waals surface area (Å²) in [7, 11) is 0. The van der Waals surface area contributed by atoms with Crippen molar-refractivity contribution < 1.29 is 14.2 Å². The fourth-order valence-electron chi connectivity index (χ4n) is 2.25.